The van der Waals surface area contributed by atoms with E-state index in [9.17, 15) is 10.1 Å². The smallest absolute Gasteiger partial charge is 0.264 e. The van der Waals surface area contributed by atoms with E-state index in [1.54, 1.807) is 9.58 Å². The number of piperazine rings is 1. The van der Waals surface area contributed by atoms with Gasteiger partial charge in [0.25, 0.3) is 5.91 Å². The fraction of sp³-hybridized carbons (Fsp3) is 0.417. The summed E-state index contributed by atoms with van der Waals surface area (Å²) in [6.45, 7) is 10.5. The summed E-state index contributed by atoms with van der Waals surface area (Å²) in [6.07, 6.45) is 4.92. The molecule has 3 saturated heterocycles. The van der Waals surface area contributed by atoms with Crippen LogP contribution >= 0.6 is 0 Å². The molecule has 3 fully saturated rings. The van der Waals surface area contributed by atoms with Gasteiger partial charge in [0.2, 0.25) is 0 Å². The molecule has 0 unspecified atom stereocenters. The van der Waals surface area contributed by atoms with Crippen molar-refractivity contribution in [1.82, 2.24) is 34.4 Å². The molecule has 2 aromatic heterocycles. The third kappa shape index (κ3) is 6.36. The number of aromatic nitrogens is 4. The molecule has 3 aliphatic heterocycles. The standard InChI is InChI=1S/C36H41N9O3/c1-36(2,44-17-15-42(16-18-44)28-22-47-23-28)19-26(20-37)35(46)43-14-6-7-25(21-43)31-32-33(34(38)40-24-39-32)45(41-31)27-10-12-30(13-11-27)48-29-8-4-3-5-9-29/h3-5,8-13,19,24-25,28H,6-7,14-18,21-23H2,1-2H3,(H2,38,39,40)/t25-/m1/s1. The Morgan fingerprint density at radius 2 is 1.75 bits per heavy atom. The molecule has 1 amide bonds. The first-order valence-electron chi connectivity index (χ1n) is 16.6. The first-order chi connectivity index (χ1) is 23.3. The van der Waals surface area contributed by atoms with E-state index >= 15 is 0 Å². The number of hydrogen-bond acceptors (Lipinski definition) is 10. The van der Waals surface area contributed by atoms with Gasteiger partial charge in [0.15, 0.2) is 5.82 Å². The molecule has 0 spiro atoms. The van der Waals surface area contributed by atoms with Crippen LogP contribution in [0, 0.1) is 11.3 Å². The number of nitrogens with zero attached hydrogens (tertiary/aromatic N) is 8. The molecule has 5 heterocycles. The van der Waals surface area contributed by atoms with Gasteiger partial charge >= 0.3 is 0 Å². The summed E-state index contributed by atoms with van der Waals surface area (Å²) in [4.78, 5) is 29.4. The Morgan fingerprint density at radius 3 is 2.44 bits per heavy atom. The summed E-state index contributed by atoms with van der Waals surface area (Å²) in [7, 11) is 0. The van der Waals surface area contributed by atoms with Crippen LogP contribution in [0.15, 0.2) is 72.6 Å². The number of carbonyl (C=O) groups excluding carboxylic acids is 1. The number of nitriles is 1. The zero-order valence-corrected chi connectivity index (χ0v) is 27.5. The Balaban J connectivity index is 1.09. The second-order valence-electron chi connectivity index (χ2n) is 13.3. The van der Waals surface area contributed by atoms with Crippen LogP contribution in [0.4, 0.5) is 5.82 Å². The molecule has 4 aromatic rings. The number of amides is 1. The van der Waals surface area contributed by atoms with Gasteiger partial charge < -0.3 is 20.1 Å². The van der Waals surface area contributed by atoms with Crippen molar-refractivity contribution in [2.75, 3.05) is 58.2 Å². The Hall–Kier alpha value is -4.83. The molecule has 0 bridgehead atoms. The number of fused-ring (bicyclic) bond motifs is 1. The van der Waals surface area contributed by atoms with Gasteiger partial charge in [0.05, 0.1) is 30.6 Å². The largest absolute Gasteiger partial charge is 0.457 e. The number of benzene rings is 2. The highest BCUT2D eigenvalue weighted by atomic mass is 16.5. The van der Waals surface area contributed by atoms with Crippen molar-refractivity contribution in [2.24, 2.45) is 0 Å². The molecule has 0 radical (unpaired) electrons. The van der Waals surface area contributed by atoms with E-state index < -0.39 is 5.54 Å². The quantitative estimate of drug-likeness (QED) is 0.219. The number of nitrogens with two attached hydrogens (primary N) is 1. The van der Waals surface area contributed by atoms with Gasteiger partial charge in [-0.25, -0.2) is 14.6 Å². The van der Waals surface area contributed by atoms with Gasteiger partial charge in [0, 0.05) is 50.7 Å². The van der Waals surface area contributed by atoms with E-state index in [2.05, 4.69) is 39.7 Å². The summed E-state index contributed by atoms with van der Waals surface area (Å²) in [5, 5.41) is 15.2. The highest BCUT2D eigenvalue weighted by Crippen LogP contribution is 2.34. The number of hydrogen-bond donors (Lipinski definition) is 1. The van der Waals surface area contributed by atoms with Gasteiger partial charge in [-0.05, 0) is 69.2 Å². The van der Waals surface area contributed by atoms with Gasteiger partial charge in [-0.3, -0.25) is 14.6 Å². The number of para-hydroxylation sites is 1. The van der Waals surface area contributed by atoms with Crippen LogP contribution in [-0.2, 0) is 9.53 Å². The Morgan fingerprint density at radius 1 is 1.02 bits per heavy atom. The minimum atomic E-state index is -0.441. The van der Waals surface area contributed by atoms with E-state index in [0.29, 0.717) is 41.7 Å². The van der Waals surface area contributed by atoms with Crippen LogP contribution in [0.25, 0.3) is 16.7 Å². The lowest BCUT2D eigenvalue weighted by Gasteiger charge is -2.46. The molecule has 7 rings (SSSR count). The number of anilines is 1. The first-order valence-corrected chi connectivity index (χ1v) is 16.6. The maximum atomic E-state index is 13.9. The minimum absolute atomic E-state index is 0.0852. The third-order valence-electron chi connectivity index (χ3n) is 9.78. The predicted molar refractivity (Wildman–Crippen MR) is 182 cm³/mol. The van der Waals surface area contributed by atoms with E-state index in [4.69, 9.17) is 20.3 Å². The molecule has 2 aromatic carbocycles. The average molecular weight is 648 g/mol. The predicted octanol–water partition coefficient (Wildman–Crippen LogP) is 4.14. The van der Waals surface area contributed by atoms with Crippen LogP contribution in [0.1, 0.15) is 38.3 Å². The van der Waals surface area contributed by atoms with Crippen molar-refractivity contribution < 1.29 is 14.3 Å². The van der Waals surface area contributed by atoms with Crippen LogP contribution in [-0.4, -0.2) is 104 Å². The monoisotopic (exact) mass is 647 g/mol. The van der Waals surface area contributed by atoms with Gasteiger partial charge in [-0.15, -0.1) is 0 Å². The van der Waals surface area contributed by atoms with Gasteiger partial charge in [-0.1, -0.05) is 18.2 Å². The number of likely N-dealkylation sites (tertiary alicyclic amines) is 1. The molecular formula is C36H41N9O3. The fourth-order valence-corrected chi connectivity index (χ4v) is 6.97. The van der Waals surface area contributed by atoms with Crippen molar-refractivity contribution >= 4 is 22.8 Å². The molecule has 2 N–H and O–H groups in total. The van der Waals surface area contributed by atoms with E-state index in [-0.39, 0.29) is 17.4 Å². The number of rotatable bonds is 8. The molecule has 0 saturated carbocycles. The summed E-state index contributed by atoms with van der Waals surface area (Å²) in [5.41, 5.74) is 8.97. The molecule has 0 aliphatic carbocycles. The summed E-state index contributed by atoms with van der Waals surface area (Å²) < 4.78 is 13.1. The lowest BCUT2D eigenvalue weighted by molar-refractivity contribution is -0.128. The molecule has 3 aliphatic rings. The number of ether oxygens (including phenoxy) is 2. The lowest BCUT2D eigenvalue weighted by atomic mass is 9.92. The van der Waals surface area contributed by atoms with Crippen LogP contribution in [0.2, 0.25) is 0 Å². The van der Waals surface area contributed by atoms with E-state index in [1.165, 1.54) is 6.33 Å². The van der Waals surface area contributed by atoms with Crippen LogP contribution in [0.5, 0.6) is 11.5 Å². The minimum Gasteiger partial charge on any atom is -0.457 e. The first kappa shape index (κ1) is 31.8. The summed E-state index contributed by atoms with van der Waals surface area (Å²) >= 11 is 0. The van der Waals surface area contributed by atoms with E-state index in [1.807, 2.05) is 60.7 Å². The third-order valence-corrected chi connectivity index (χ3v) is 9.78. The summed E-state index contributed by atoms with van der Waals surface area (Å²) in [6, 6.07) is 20.0. The molecule has 12 heteroatoms. The maximum Gasteiger partial charge on any atom is 0.264 e. The van der Waals surface area contributed by atoms with E-state index in [0.717, 1.165) is 69.4 Å². The average Bonchev–Trinajstić information content (AvgIpc) is 3.48. The fourth-order valence-electron chi connectivity index (χ4n) is 6.97. The topological polar surface area (TPSA) is 139 Å². The SMILES string of the molecule is CC(C)(C=C(C#N)C(=O)N1CCC[C@@H](c2nn(-c3ccc(Oc4ccccc4)cc3)c3c(N)ncnc23)C1)N1CCN(C2COC2)CC1. The zero-order valence-electron chi connectivity index (χ0n) is 27.5. The highest BCUT2D eigenvalue weighted by molar-refractivity contribution is 5.97. The number of nitrogen functional groups attached to an aromatic ring is 1. The molecule has 12 nitrogen and oxygen atoms in total. The van der Waals surface area contributed by atoms with Gasteiger partial charge in [-0.2, -0.15) is 10.4 Å². The number of carbonyl (C=O) groups is 1. The lowest BCUT2D eigenvalue weighted by Crippen LogP contribution is -2.59. The molecule has 1 atom stereocenters. The Kier molecular flexibility index (Phi) is 8.83. The van der Waals surface area contributed by atoms with Crippen LogP contribution in [0.3, 0.4) is 0 Å². The second-order valence-corrected chi connectivity index (χ2v) is 13.3. The number of piperidine rings is 1. The van der Waals surface area contributed by atoms with Crippen molar-refractivity contribution in [3.8, 4) is 23.3 Å². The zero-order chi connectivity index (χ0) is 33.3. The van der Waals surface area contributed by atoms with Crippen LogP contribution < -0.4 is 10.5 Å². The highest BCUT2D eigenvalue weighted by Gasteiger charge is 2.35. The van der Waals surface area contributed by atoms with Crippen molar-refractivity contribution in [3.63, 3.8) is 0 Å². The molecule has 48 heavy (non-hydrogen) atoms. The van der Waals surface area contributed by atoms with Gasteiger partial charge in [0.1, 0.15) is 40.5 Å². The Labute approximate surface area is 280 Å². The Bertz CT molecular complexity index is 1840. The van der Waals surface area contributed by atoms with Crippen molar-refractivity contribution in [2.45, 2.75) is 44.2 Å². The normalized spacial score (nSPS) is 20.0. The molecular weight excluding hydrogens is 606 g/mol. The maximum absolute atomic E-state index is 13.9. The summed E-state index contributed by atoms with van der Waals surface area (Å²) in [5.74, 6) is 1.45. The second kappa shape index (κ2) is 13.4. The molecule has 248 valence electrons. The van der Waals surface area contributed by atoms with Crippen molar-refractivity contribution in [1.29, 1.82) is 5.26 Å². The van der Waals surface area contributed by atoms with Crippen molar-refractivity contribution in [3.05, 3.63) is 78.3 Å².